The lowest BCUT2D eigenvalue weighted by Gasteiger charge is -2.19. The SMILES string of the molecule is COc1ccc(C#CCNC(=O)OC(C)(C)C)cc1C. The van der Waals surface area contributed by atoms with Crippen LogP contribution in [0.25, 0.3) is 0 Å². The van der Waals surface area contributed by atoms with Crippen molar-refractivity contribution in [3.63, 3.8) is 0 Å². The van der Waals surface area contributed by atoms with Gasteiger partial charge in [-0.3, -0.25) is 0 Å². The molecule has 0 bridgehead atoms. The van der Waals surface area contributed by atoms with Gasteiger partial charge in [-0.25, -0.2) is 4.79 Å². The van der Waals surface area contributed by atoms with Crippen molar-refractivity contribution in [3.05, 3.63) is 29.3 Å². The number of nitrogens with one attached hydrogen (secondary N) is 1. The van der Waals surface area contributed by atoms with Gasteiger partial charge in [0.15, 0.2) is 0 Å². The van der Waals surface area contributed by atoms with Gasteiger partial charge in [0.05, 0.1) is 13.7 Å². The molecule has 0 atom stereocenters. The Morgan fingerprint density at radius 1 is 1.35 bits per heavy atom. The second-order valence-corrected chi connectivity index (χ2v) is 5.34. The van der Waals surface area contributed by atoms with E-state index < -0.39 is 11.7 Å². The molecule has 1 aromatic rings. The summed E-state index contributed by atoms with van der Waals surface area (Å²) in [6.07, 6.45) is -0.460. The third kappa shape index (κ3) is 5.66. The smallest absolute Gasteiger partial charge is 0.408 e. The van der Waals surface area contributed by atoms with Gasteiger partial charge in [-0.2, -0.15) is 0 Å². The fourth-order valence-electron chi connectivity index (χ4n) is 1.53. The molecule has 0 spiro atoms. The zero-order valence-corrected chi connectivity index (χ0v) is 12.7. The highest BCUT2D eigenvalue weighted by molar-refractivity contribution is 5.68. The van der Waals surface area contributed by atoms with Crippen LogP contribution in [-0.2, 0) is 4.74 Å². The summed E-state index contributed by atoms with van der Waals surface area (Å²) in [5.74, 6) is 6.70. The first-order valence-corrected chi connectivity index (χ1v) is 6.42. The first-order chi connectivity index (χ1) is 9.31. The molecule has 0 fully saturated rings. The van der Waals surface area contributed by atoms with Crippen molar-refractivity contribution in [2.45, 2.75) is 33.3 Å². The molecule has 1 aromatic carbocycles. The van der Waals surface area contributed by atoms with Crippen molar-refractivity contribution in [3.8, 4) is 17.6 Å². The van der Waals surface area contributed by atoms with Crippen LogP contribution in [0.1, 0.15) is 31.9 Å². The lowest BCUT2D eigenvalue weighted by atomic mass is 10.1. The average Bonchev–Trinajstić information content (AvgIpc) is 2.33. The molecule has 0 aliphatic rings. The molecule has 4 heteroatoms. The van der Waals surface area contributed by atoms with Crippen LogP contribution in [0.4, 0.5) is 4.79 Å². The molecule has 0 radical (unpaired) electrons. The lowest BCUT2D eigenvalue weighted by molar-refractivity contribution is 0.0535. The molecule has 4 nitrogen and oxygen atoms in total. The highest BCUT2D eigenvalue weighted by atomic mass is 16.6. The van der Waals surface area contributed by atoms with E-state index in [2.05, 4.69) is 17.2 Å². The van der Waals surface area contributed by atoms with Gasteiger partial charge in [0.2, 0.25) is 0 Å². The van der Waals surface area contributed by atoms with E-state index in [0.717, 1.165) is 16.9 Å². The van der Waals surface area contributed by atoms with E-state index in [1.54, 1.807) is 7.11 Å². The van der Waals surface area contributed by atoms with Crippen molar-refractivity contribution in [1.82, 2.24) is 5.32 Å². The molecule has 1 amide bonds. The Hall–Kier alpha value is -2.15. The molecule has 108 valence electrons. The van der Waals surface area contributed by atoms with E-state index in [4.69, 9.17) is 9.47 Å². The summed E-state index contributed by atoms with van der Waals surface area (Å²) >= 11 is 0. The monoisotopic (exact) mass is 275 g/mol. The van der Waals surface area contributed by atoms with Gasteiger partial charge >= 0.3 is 6.09 Å². The molecular weight excluding hydrogens is 254 g/mol. The second kappa shape index (κ2) is 6.85. The predicted molar refractivity (Wildman–Crippen MR) is 78.8 cm³/mol. The minimum Gasteiger partial charge on any atom is -0.496 e. The van der Waals surface area contributed by atoms with Crippen molar-refractivity contribution < 1.29 is 14.3 Å². The van der Waals surface area contributed by atoms with Gasteiger partial charge in [0.25, 0.3) is 0 Å². The zero-order chi connectivity index (χ0) is 15.2. The van der Waals surface area contributed by atoms with Gasteiger partial charge in [-0.1, -0.05) is 11.8 Å². The number of carbonyl (C=O) groups is 1. The van der Waals surface area contributed by atoms with E-state index in [9.17, 15) is 4.79 Å². The van der Waals surface area contributed by atoms with Crippen molar-refractivity contribution >= 4 is 6.09 Å². The maximum atomic E-state index is 11.4. The van der Waals surface area contributed by atoms with Gasteiger partial charge in [0, 0.05) is 5.56 Å². The van der Waals surface area contributed by atoms with Crippen LogP contribution in [0.3, 0.4) is 0 Å². The fraction of sp³-hybridized carbons (Fsp3) is 0.438. The number of ether oxygens (including phenoxy) is 2. The van der Waals surface area contributed by atoms with Crippen LogP contribution < -0.4 is 10.1 Å². The first-order valence-electron chi connectivity index (χ1n) is 6.42. The summed E-state index contributed by atoms with van der Waals surface area (Å²) in [4.78, 5) is 11.4. The van der Waals surface area contributed by atoms with Crippen molar-refractivity contribution in [2.24, 2.45) is 0 Å². The van der Waals surface area contributed by atoms with E-state index >= 15 is 0 Å². The van der Waals surface area contributed by atoms with E-state index in [-0.39, 0.29) is 6.54 Å². The number of hydrogen-bond acceptors (Lipinski definition) is 3. The molecule has 0 saturated carbocycles. The van der Waals surface area contributed by atoms with Gasteiger partial charge in [-0.15, -0.1) is 0 Å². The number of alkyl carbamates (subject to hydrolysis) is 1. The fourth-order valence-corrected chi connectivity index (χ4v) is 1.53. The van der Waals surface area contributed by atoms with Crippen LogP contribution in [0.2, 0.25) is 0 Å². The summed E-state index contributed by atoms with van der Waals surface area (Å²) in [7, 11) is 1.64. The largest absolute Gasteiger partial charge is 0.496 e. The molecule has 0 unspecified atom stereocenters. The van der Waals surface area contributed by atoms with E-state index in [1.807, 2.05) is 45.9 Å². The van der Waals surface area contributed by atoms with Crippen LogP contribution in [0.5, 0.6) is 5.75 Å². The number of rotatable bonds is 2. The average molecular weight is 275 g/mol. The third-order valence-electron chi connectivity index (χ3n) is 2.35. The summed E-state index contributed by atoms with van der Waals surface area (Å²) in [6.45, 7) is 7.66. The van der Waals surface area contributed by atoms with E-state index in [0.29, 0.717) is 0 Å². The number of hydrogen-bond donors (Lipinski definition) is 1. The minimum atomic E-state index is -0.495. The van der Waals surface area contributed by atoms with Crippen molar-refractivity contribution in [1.29, 1.82) is 0 Å². The Morgan fingerprint density at radius 2 is 2.05 bits per heavy atom. The van der Waals surface area contributed by atoms with Gasteiger partial charge in [0.1, 0.15) is 11.4 Å². The van der Waals surface area contributed by atoms with Crippen LogP contribution in [0.15, 0.2) is 18.2 Å². The van der Waals surface area contributed by atoms with Crippen molar-refractivity contribution in [2.75, 3.05) is 13.7 Å². The Morgan fingerprint density at radius 3 is 2.60 bits per heavy atom. The Balaban J connectivity index is 2.51. The summed E-state index contributed by atoms with van der Waals surface area (Å²) in [5.41, 5.74) is 1.42. The Kier molecular flexibility index (Phi) is 5.45. The second-order valence-electron chi connectivity index (χ2n) is 5.34. The molecule has 20 heavy (non-hydrogen) atoms. The molecular formula is C16H21NO3. The molecule has 0 aromatic heterocycles. The van der Waals surface area contributed by atoms with Crippen LogP contribution in [-0.4, -0.2) is 25.3 Å². The maximum absolute atomic E-state index is 11.4. The number of benzene rings is 1. The van der Waals surface area contributed by atoms with Crippen LogP contribution >= 0.6 is 0 Å². The molecule has 0 aliphatic heterocycles. The van der Waals surface area contributed by atoms with Gasteiger partial charge in [-0.05, 0) is 51.5 Å². The Bertz CT molecular complexity index is 533. The summed E-state index contributed by atoms with van der Waals surface area (Å²) < 4.78 is 10.3. The molecule has 0 aliphatic carbocycles. The number of aryl methyl sites for hydroxylation is 1. The predicted octanol–water partition coefficient (Wildman–Crippen LogP) is 2.88. The number of carbonyl (C=O) groups excluding carboxylic acids is 1. The summed E-state index contributed by atoms with van der Waals surface area (Å²) in [6, 6.07) is 5.70. The normalized spacial score (nSPS) is 10.2. The number of methoxy groups -OCH3 is 1. The topological polar surface area (TPSA) is 47.6 Å². The first kappa shape index (κ1) is 15.9. The zero-order valence-electron chi connectivity index (χ0n) is 12.7. The van der Waals surface area contributed by atoms with E-state index in [1.165, 1.54) is 0 Å². The standard InChI is InChI=1S/C16H21NO3/c1-12-11-13(8-9-14(12)19-5)7-6-10-17-15(18)20-16(2,3)4/h8-9,11H,10H2,1-5H3,(H,17,18). The molecule has 0 saturated heterocycles. The van der Waals surface area contributed by atoms with Gasteiger partial charge < -0.3 is 14.8 Å². The quantitative estimate of drug-likeness (QED) is 0.844. The maximum Gasteiger partial charge on any atom is 0.408 e. The highest BCUT2D eigenvalue weighted by Crippen LogP contribution is 2.17. The lowest BCUT2D eigenvalue weighted by Crippen LogP contribution is -2.32. The summed E-state index contributed by atoms with van der Waals surface area (Å²) in [5, 5.41) is 2.59. The Labute approximate surface area is 120 Å². The number of amides is 1. The molecule has 1 N–H and O–H groups in total. The highest BCUT2D eigenvalue weighted by Gasteiger charge is 2.14. The van der Waals surface area contributed by atoms with Crippen LogP contribution in [0, 0.1) is 18.8 Å². The molecule has 1 rings (SSSR count). The third-order valence-corrected chi connectivity index (χ3v) is 2.35. The minimum absolute atomic E-state index is 0.250. The molecule has 0 heterocycles.